The summed E-state index contributed by atoms with van der Waals surface area (Å²) >= 11 is 5.70. The molecular weight excluding hydrogens is 363 g/mol. The first-order valence-electron chi connectivity index (χ1n) is 3.67. The van der Waals surface area contributed by atoms with Crippen molar-refractivity contribution in [3.8, 4) is 0 Å². The molecule has 1 aromatic carbocycles. The van der Waals surface area contributed by atoms with Gasteiger partial charge < -0.3 is 0 Å². The molecule has 0 fully saturated rings. The van der Waals surface area contributed by atoms with Crippen LogP contribution in [0.4, 0.5) is 22.0 Å². The minimum Gasteiger partial charge on any atom is -0.255 e. The molecule has 90 valence electrons. The van der Waals surface area contributed by atoms with Gasteiger partial charge in [-0.1, -0.05) is 0 Å². The highest BCUT2D eigenvalue weighted by atomic mass is 79.9. The minimum atomic E-state index is -1.70. The largest absolute Gasteiger partial charge is 0.255 e. The van der Waals surface area contributed by atoms with Crippen LogP contribution in [-0.2, 0) is 0 Å². The second kappa shape index (κ2) is 7.01. The molecule has 0 heterocycles. The predicted octanol–water partition coefficient (Wildman–Crippen LogP) is 4.92. The molecular formula is C9H5Br2F5. The lowest BCUT2D eigenvalue weighted by atomic mass is 10.2. The van der Waals surface area contributed by atoms with Gasteiger partial charge in [-0.15, -0.1) is 0 Å². The van der Waals surface area contributed by atoms with Crippen LogP contribution in [0.5, 0.6) is 0 Å². The van der Waals surface area contributed by atoms with E-state index in [0.29, 0.717) is 7.18 Å². The molecule has 0 amide bonds. The summed E-state index contributed by atoms with van der Waals surface area (Å²) < 4.78 is 60.7. The van der Waals surface area contributed by atoms with E-state index >= 15 is 0 Å². The molecule has 1 rings (SSSR count). The van der Waals surface area contributed by atoms with E-state index in [9.17, 15) is 22.0 Å². The molecule has 0 aromatic heterocycles. The van der Waals surface area contributed by atoms with Gasteiger partial charge in [-0.25, -0.2) is 17.6 Å². The zero-order valence-corrected chi connectivity index (χ0v) is 11.0. The topological polar surface area (TPSA) is 0 Å². The normalized spacial score (nSPS) is 9.25. The number of benzene rings is 1. The molecule has 16 heavy (non-hydrogen) atoms. The van der Waals surface area contributed by atoms with Crippen LogP contribution in [0, 0.1) is 23.3 Å². The molecule has 7 heteroatoms. The number of hydrogen-bond acceptors (Lipinski definition) is 0. The lowest BCUT2D eigenvalue weighted by molar-refractivity contribution is 0.432. The first-order chi connectivity index (χ1) is 7.43. The highest BCUT2D eigenvalue weighted by Crippen LogP contribution is 2.24. The van der Waals surface area contributed by atoms with Crippen molar-refractivity contribution >= 4 is 37.9 Å². The molecule has 0 unspecified atom stereocenters. The van der Waals surface area contributed by atoms with Crippen molar-refractivity contribution in [2.24, 2.45) is 0 Å². The summed E-state index contributed by atoms with van der Waals surface area (Å²) in [5, 5.41) is 0. The zero-order chi connectivity index (χ0) is 12.9. The fourth-order valence-electron chi connectivity index (χ4n) is 0.822. The average molecular weight is 368 g/mol. The molecule has 0 aliphatic heterocycles. The first kappa shape index (κ1) is 15.6. The fraction of sp³-hybridized carbons (Fsp3) is 0.111. The molecule has 0 bridgehead atoms. The summed E-state index contributed by atoms with van der Waals surface area (Å²) in [5.41, 5.74) is -0.646. The Balaban J connectivity index is 0.00000106. The summed E-state index contributed by atoms with van der Waals surface area (Å²) in [4.78, 5) is 0. The lowest BCUT2D eigenvalue weighted by Crippen LogP contribution is -1.97. The van der Waals surface area contributed by atoms with Crippen LogP contribution in [0.2, 0.25) is 0 Å². The van der Waals surface area contributed by atoms with E-state index in [1.165, 1.54) is 0 Å². The van der Waals surface area contributed by atoms with Gasteiger partial charge in [-0.2, -0.15) is 0 Å². The second-order valence-corrected chi connectivity index (χ2v) is 5.09. The molecule has 0 spiro atoms. The van der Waals surface area contributed by atoms with Crippen LogP contribution in [0.15, 0.2) is 9.46 Å². The Morgan fingerprint density at radius 3 is 1.94 bits per heavy atom. The van der Waals surface area contributed by atoms with Crippen LogP contribution in [0.1, 0.15) is 5.56 Å². The highest BCUT2D eigenvalue weighted by molar-refractivity contribution is 9.28. The Labute approximate surface area is 105 Å². The van der Waals surface area contributed by atoms with Crippen molar-refractivity contribution in [2.45, 2.75) is 0 Å². The molecule has 0 radical (unpaired) electrons. The van der Waals surface area contributed by atoms with Gasteiger partial charge in [0, 0.05) is 6.07 Å². The van der Waals surface area contributed by atoms with Gasteiger partial charge in [-0.3, -0.25) is 4.39 Å². The Hall–Kier alpha value is -0.430. The smallest absolute Gasteiger partial charge is 0.195 e. The van der Waals surface area contributed by atoms with Crippen molar-refractivity contribution in [3.05, 3.63) is 38.3 Å². The Bertz CT molecular complexity index is 399. The van der Waals surface area contributed by atoms with Crippen LogP contribution in [0.3, 0.4) is 0 Å². The van der Waals surface area contributed by atoms with E-state index in [2.05, 4.69) is 31.9 Å². The van der Waals surface area contributed by atoms with Gasteiger partial charge in [0.1, 0.15) is 5.82 Å². The maximum absolute atomic E-state index is 12.9. The maximum Gasteiger partial charge on any atom is 0.195 e. The van der Waals surface area contributed by atoms with Crippen LogP contribution < -0.4 is 0 Å². The van der Waals surface area contributed by atoms with Gasteiger partial charge in [-0.05, 0) is 37.9 Å². The summed E-state index contributed by atoms with van der Waals surface area (Å²) in [7, 11) is 0.500. The summed E-state index contributed by atoms with van der Waals surface area (Å²) in [5.74, 6) is -5.97. The number of halogens is 7. The monoisotopic (exact) mass is 366 g/mol. The Morgan fingerprint density at radius 1 is 1.00 bits per heavy atom. The van der Waals surface area contributed by atoms with Gasteiger partial charge in [0.2, 0.25) is 0 Å². The lowest BCUT2D eigenvalue weighted by Gasteiger charge is -2.01. The van der Waals surface area contributed by atoms with E-state index < -0.39 is 28.8 Å². The SMILES string of the molecule is CF.Fc1cc(F)c(C=C(Br)Br)c(F)c1F. The third-order valence-electron chi connectivity index (χ3n) is 1.40. The Kier molecular flexibility index (Phi) is 6.82. The highest BCUT2D eigenvalue weighted by Gasteiger charge is 2.17. The van der Waals surface area contributed by atoms with Gasteiger partial charge in [0.25, 0.3) is 0 Å². The van der Waals surface area contributed by atoms with Gasteiger partial charge in [0.05, 0.1) is 16.1 Å². The van der Waals surface area contributed by atoms with Crippen molar-refractivity contribution in [2.75, 3.05) is 7.18 Å². The number of rotatable bonds is 1. The molecule has 0 nitrogen and oxygen atoms in total. The fourth-order valence-corrected chi connectivity index (χ4v) is 1.28. The van der Waals surface area contributed by atoms with Crippen LogP contribution in [-0.4, -0.2) is 7.18 Å². The molecule has 1 aromatic rings. The molecule has 0 aliphatic rings. The van der Waals surface area contributed by atoms with Gasteiger partial charge >= 0.3 is 0 Å². The van der Waals surface area contributed by atoms with Crippen molar-refractivity contribution in [1.82, 2.24) is 0 Å². The predicted molar refractivity (Wildman–Crippen MR) is 59.1 cm³/mol. The molecule has 0 N–H and O–H groups in total. The van der Waals surface area contributed by atoms with Gasteiger partial charge in [0.15, 0.2) is 17.5 Å². The minimum absolute atomic E-state index is 0.216. The van der Waals surface area contributed by atoms with Crippen molar-refractivity contribution in [1.29, 1.82) is 0 Å². The number of alkyl halides is 1. The summed E-state index contributed by atoms with van der Waals surface area (Å²) in [6.07, 6.45) is 0.952. The third kappa shape index (κ3) is 3.86. The summed E-state index contributed by atoms with van der Waals surface area (Å²) in [6, 6.07) is 0.285. The molecule has 0 saturated carbocycles. The Morgan fingerprint density at radius 2 is 1.50 bits per heavy atom. The van der Waals surface area contributed by atoms with E-state index in [-0.39, 0.29) is 9.46 Å². The van der Waals surface area contributed by atoms with Crippen LogP contribution in [0.25, 0.3) is 6.08 Å². The van der Waals surface area contributed by atoms with E-state index in [1.54, 1.807) is 0 Å². The average Bonchev–Trinajstić information content (AvgIpc) is 2.24. The van der Waals surface area contributed by atoms with Crippen molar-refractivity contribution in [3.63, 3.8) is 0 Å². The van der Waals surface area contributed by atoms with E-state index in [1.807, 2.05) is 0 Å². The first-order valence-corrected chi connectivity index (χ1v) is 5.25. The molecule has 0 saturated heterocycles. The van der Waals surface area contributed by atoms with Crippen LogP contribution >= 0.6 is 31.9 Å². The standard InChI is InChI=1S/C8H2Br2F4.CH3F/c9-6(10)1-3-4(11)2-5(12)8(14)7(3)13;1-2/h1-2H;1H3. The van der Waals surface area contributed by atoms with E-state index in [0.717, 1.165) is 6.08 Å². The third-order valence-corrected chi connectivity index (χ3v) is 1.86. The summed E-state index contributed by atoms with van der Waals surface area (Å²) in [6.45, 7) is 0. The molecule has 0 atom stereocenters. The zero-order valence-electron chi connectivity index (χ0n) is 7.80. The molecule has 0 aliphatic carbocycles. The van der Waals surface area contributed by atoms with Crippen molar-refractivity contribution < 1.29 is 22.0 Å². The quantitative estimate of drug-likeness (QED) is 0.375. The maximum atomic E-state index is 12.9. The second-order valence-electron chi connectivity index (χ2n) is 2.32. The van der Waals surface area contributed by atoms with E-state index in [4.69, 9.17) is 0 Å². The number of hydrogen-bond donors (Lipinski definition) is 0.